The zero-order chi connectivity index (χ0) is 23.3. The van der Waals surface area contributed by atoms with Crippen molar-refractivity contribution in [3.8, 4) is 0 Å². The van der Waals surface area contributed by atoms with E-state index in [4.69, 9.17) is 0 Å². The maximum absolute atomic E-state index is 13.3. The van der Waals surface area contributed by atoms with Crippen molar-refractivity contribution < 1.29 is 9.59 Å². The molecular formula is C29H31N3O2. The first-order valence-corrected chi connectivity index (χ1v) is 12.2. The molecule has 0 atom stereocenters. The van der Waals surface area contributed by atoms with Crippen molar-refractivity contribution >= 4 is 23.2 Å². The van der Waals surface area contributed by atoms with E-state index in [0.29, 0.717) is 12.3 Å². The van der Waals surface area contributed by atoms with E-state index in [0.717, 1.165) is 68.1 Å². The first-order valence-electron chi connectivity index (χ1n) is 12.2. The smallest absolute Gasteiger partial charge is 0.254 e. The Labute approximate surface area is 201 Å². The number of fused-ring (bicyclic) bond motifs is 1. The summed E-state index contributed by atoms with van der Waals surface area (Å²) in [6, 6.07) is 27.7. The molecule has 0 unspecified atom stereocenters. The predicted octanol–water partition coefficient (Wildman–Crippen LogP) is 5.11. The monoisotopic (exact) mass is 453 g/mol. The highest BCUT2D eigenvalue weighted by molar-refractivity contribution is 6.00. The Bertz CT molecular complexity index is 1080. The van der Waals surface area contributed by atoms with E-state index in [9.17, 15) is 9.59 Å². The van der Waals surface area contributed by atoms with Crippen LogP contribution in [-0.4, -0.2) is 47.8 Å². The van der Waals surface area contributed by atoms with Crippen LogP contribution in [0, 0.1) is 5.92 Å². The number of benzene rings is 3. The minimum Gasteiger partial charge on any atom is -0.334 e. The van der Waals surface area contributed by atoms with Crippen LogP contribution in [-0.2, 0) is 11.3 Å². The molecule has 2 heterocycles. The molecule has 5 heteroatoms. The molecule has 174 valence electrons. The standard InChI is InChI=1S/C29H31N3O2/c33-28(32(25-10-3-1-4-11-25)26-12-5-2-6-13-26)17-20-30-18-15-23(16-19-30)21-31-22-24-9-7-8-14-27(24)29(31)34/h1-14,23H,15-22H2. The van der Waals surface area contributed by atoms with Gasteiger partial charge in [0, 0.05) is 43.0 Å². The summed E-state index contributed by atoms with van der Waals surface area (Å²) in [6.45, 7) is 4.28. The average molecular weight is 454 g/mol. The van der Waals surface area contributed by atoms with Gasteiger partial charge < -0.3 is 9.80 Å². The molecule has 3 aromatic carbocycles. The van der Waals surface area contributed by atoms with Gasteiger partial charge in [-0.3, -0.25) is 14.5 Å². The Kier molecular flexibility index (Phi) is 6.72. The summed E-state index contributed by atoms with van der Waals surface area (Å²) in [7, 11) is 0. The van der Waals surface area contributed by atoms with E-state index >= 15 is 0 Å². The zero-order valence-corrected chi connectivity index (χ0v) is 19.5. The molecule has 34 heavy (non-hydrogen) atoms. The van der Waals surface area contributed by atoms with Crippen molar-refractivity contribution in [2.24, 2.45) is 5.92 Å². The molecule has 0 N–H and O–H groups in total. The number of piperidine rings is 1. The van der Waals surface area contributed by atoms with Crippen LogP contribution in [0.4, 0.5) is 11.4 Å². The van der Waals surface area contributed by atoms with Gasteiger partial charge in [0.25, 0.3) is 5.91 Å². The maximum Gasteiger partial charge on any atom is 0.254 e. The van der Waals surface area contributed by atoms with Crippen LogP contribution < -0.4 is 4.90 Å². The lowest BCUT2D eigenvalue weighted by atomic mass is 9.96. The summed E-state index contributed by atoms with van der Waals surface area (Å²) in [5.41, 5.74) is 3.80. The van der Waals surface area contributed by atoms with Crippen molar-refractivity contribution in [3.63, 3.8) is 0 Å². The summed E-state index contributed by atoms with van der Waals surface area (Å²) < 4.78 is 0. The predicted molar refractivity (Wildman–Crippen MR) is 135 cm³/mol. The van der Waals surface area contributed by atoms with Crippen LogP contribution in [0.2, 0.25) is 0 Å². The fourth-order valence-corrected chi connectivity index (χ4v) is 5.12. The average Bonchev–Trinajstić information content (AvgIpc) is 3.20. The highest BCUT2D eigenvalue weighted by atomic mass is 16.2. The van der Waals surface area contributed by atoms with Gasteiger partial charge in [-0.1, -0.05) is 54.6 Å². The van der Waals surface area contributed by atoms with Crippen molar-refractivity contribution in [1.29, 1.82) is 0 Å². The number of hydrogen-bond donors (Lipinski definition) is 0. The second-order valence-electron chi connectivity index (χ2n) is 9.28. The van der Waals surface area contributed by atoms with Gasteiger partial charge in [-0.25, -0.2) is 0 Å². The van der Waals surface area contributed by atoms with Crippen LogP contribution in [0.1, 0.15) is 35.2 Å². The number of nitrogens with zero attached hydrogens (tertiary/aromatic N) is 3. The quantitative estimate of drug-likeness (QED) is 0.499. The number of likely N-dealkylation sites (tertiary alicyclic amines) is 1. The number of rotatable bonds is 7. The third-order valence-corrected chi connectivity index (χ3v) is 7.00. The SMILES string of the molecule is O=C1c2ccccc2CN1CC1CCN(CCC(=O)N(c2ccccc2)c2ccccc2)CC1. The molecule has 2 aliphatic heterocycles. The van der Waals surface area contributed by atoms with Gasteiger partial charge in [0.1, 0.15) is 0 Å². The summed E-state index contributed by atoms with van der Waals surface area (Å²) >= 11 is 0. The molecule has 3 aromatic rings. The van der Waals surface area contributed by atoms with Gasteiger partial charge in [0.15, 0.2) is 0 Å². The molecule has 0 radical (unpaired) electrons. The molecule has 0 spiro atoms. The Morgan fingerprint density at radius 1 is 0.824 bits per heavy atom. The molecule has 1 fully saturated rings. The van der Waals surface area contributed by atoms with Crippen molar-refractivity contribution in [2.45, 2.75) is 25.8 Å². The van der Waals surface area contributed by atoms with E-state index in [2.05, 4.69) is 11.0 Å². The van der Waals surface area contributed by atoms with Gasteiger partial charge in [-0.15, -0.1) is 0 Å². The Hall–Kier alpha value is -3.44. The van der Waals surface area contributed by atoms with E-state index < -0.39 is 0 Å². The fourth-order valence-electron chi connectivity index (χ4n) is 5.12. The van der Waals surface area contributed by atoms with Gasteiger partial charge in [-0.05, 0) is 67.7 Å². The van der Waals surface area contributed by atoms with Crippen LogP contribution in [0.15, 0.2) is 84.9 Å². The van der Waals surface area contributed by atoms with Crippen LogP contribution in [0.3, 0.4) is 0 Å². The van der Waals surface area contributed by atoms with E-state index in [1.807, 2.05) is 88.7 Å². The van der Waals surface area contributed by atoms with Gasteiger partial charge in [0.2, 0.25) is 5.91 Å². The first kappa shape index (κ1) is 22.4. The molecule has 1 saturated heterocycles. The molecule has 2 amide bonds. The van der Waals surface area contributed by atoms with Crippen molar-refractivity contribution in [1.82, 2.24) is 9.80 Å². The van der Waals surface area contributed by atoms with Gasteiger partial charge in [-0.2, -0.15) is 0 Å². The Balaban J connectivity index is 1.13. The van der Waals surface area contributed by atoms with Gasteiger partial charge in [0.05, 0.1) is 0 Å². The second kappa shape index (κ2) is 10.2. The second-order valence-corrected chi connectivity index (χ2v) is 9.28. The van der Waals surface area contributed by atoms with Crippen LogP contribution in [0.25, 0.3) is 0 Å². The van der Waals surface area contributed by atoms with Crippen molar-refractivity contribution in [2.75, 3.05) is 31.1 Å². The Morgan fingerprint density at radius 3 is 2.03 bits per heavy atom. The molecule has 5 nitrogen and oxygen atoms in total. The number of hydrogen-bond acceptors (Lipinski definition) is 3. The largest absolute Gasteiger partial charge is 0.334 e. The van der Waals surface area contributed by atoms with Gasteiger partial charge >= 0.3 is 0 Å². The molecule has 0 aromatic heterocycles. The fraction of sp³-hybridized carbons (Fsp3) is 0.310. The lowest BCUT2D eigenvalue weighted by Crippen LogP contribution is -2.40. The lowest BCUT2D eigenvalue weighted by molar-refractivity contribution is -0.118. The molecule has 2 aliphatic rings. The third-order valence-electron chi connectivity index (χ3n) is 7.00. The zero-order valence-electron chi connectivity index (χ0n) is 19.5. The number of carbonyl (C=O) groups is 2. The number of amides is 2. The number of anilines is 2. The molecule has 0 aliphatic carbocycles. The summed E-state index contributed by atoms with van der Waals surface area (Å²) in [6.07, 6.45) is 2.61. The minimum atomic E-state index is 0.111. The molecule has 5 rings (SSSR count). The van der Waals surface area contributed by atoms with Crippen LogP contribution in [0.5, 0.6) is 0 Å². The van der Waals surface area contributed by atoms with Crippen molar-refractivity contribution in [3.05, 3.63) is 96.1 Å². The molecule has 0 saturated carbocycles. The lowest BCUT2D eigenvalue weighted by Gasteiger charge is -2.34. The Morgan fingerprint density at radius 2 is 1.41 bits per heavy atom. The first-order chi connectivity index (χ1) is 16.7. The number of para-hydroxylation sites is 2. The highest BCUT2D eigenvalue weighted by Gasteiger charge is 2.30. The molecular weight excluding hydrogens is 422 g/mol. The maximum atomic E-state index is 13.3. The van der Waals surface area contributed by atoms with Crippen LogP contribution >= 0.6 is 0 Å². The third kappa shape index (κ3) is 4.90. The molecule has 0 bridgehead atoms. The van der Waals surface area contributed by atoms with E-state index in [-0.39, 0.29) is 11.8 Å². The summed E-state index contributed by atoms with van der Waals surface area (Å²) in [5, 5.41) is 0. The number of carbonyl (C=O) groups excluding carboxylic acids is 2. The highest BCUT2D eigenvalue weighted by Crippen LogP contribution is 2.28. The van der Waals surface area contributed by atoms with E-state index in [1.54, 1.807) is 0 Å². The minimum absolute atomic E-state index is 0.111. The summed E-state index contributed by atoms with van der Waals surface area (Å²) in [5.74, 6) is 0.806. The normalized spacial score (nSPS) is 16.5. The topological polar surface area (TPSA) is 43.9 Å². The van der Waals surface area contributed by atoms with E-state index in [1.165, 1.54) is 0 Å². The summed E-state index contributed by atoms with van der Waals surface area (Å²) in [4.78, 5) is 32.2.